The van der Waals surface area contributed by atoms with Crippen LogP contribution in [-0.4, -0.2) is 14.4 Å². The molecular formula is C17H16N4S2. The third kappa shape index (κ3) is 2.07. The van der Waals surface area contributed by atoms with Crippen LogP contribution in [0.2, 0.25) is 0 Å². The van der Waals surface area contributed by atoms with Gasteiger partial charge in [-0.2, -0.15) is 5.26 Å². The van der Waals surface area contributed by atoms with E-state index in [2.05, 4.69) is 27.8 Å². The summed E-state index contributed by atoms with van der Waals surface area (Å²) in [5.41, 5.74) is 7.16. The maximum absolute atomic E-state index is 9.72. The van der Waals surface area contributed by atoms with Crippen molar-refractivity contribution in [1.29, 1.82) is 5.26 Å². The predicted molar refractivity (Wildman–Crippen MR) is 94.5 cm³/mol. The Bertz CT molecular complexity index is 1030. The smallest absolute Gasteiger partial charge is 0.194 e. The van der Waals surface area contributed by atoms with Gasteiger partial charge in [0.25, 0.3) is 0 Å². The van der Waals surface area contributed by atoms with Crippen LogP contribution < -0.4 is 0 Å². The number of H-pyrrole nitrogens is 1. The standard InChI is InChI=1S/C17H16N4S2/c1-9-8-23-17-19-10(2)15(21(9)17)14-11-5-3-4-6-13(11)20-16(22)12(14)7-18/h8H,3-6H2,1-2H3,(H,20,22). The first-order chi connectivity index (χ1) is 11.1. The molecule has 0 saturated carbocycles. The molecule has 4 nitrogen and oxygen atoms in total. The Morgan fingerprint density at radius 3 is 2.91 bits per heavy atom. The van der Waals surface area contributed by atoms with Gasteiger partial charge in [-0.1, -0.05) is 12.2 Å². The molecule has 4 rings (SSSR count). The molecule has 116 valence electrons. The van der Waals surface area contributed by atoms with Crippen LogP contribution in [0.5, 0.6) is 0 Å². The summed E-state index contributed by atoms with van der Waals surface area (Å²) in [6, 6.07) is 2.33. The minimum Gasteiger partial charge on any atom is -0.349 e. The molecule has 1 N–H and O–H groups in total. The molecule has 3 aromatic heterocycles. The number of aromatic amines is 1. The van der Waals surface area contributed by atoms with E-state index in [1.165, 1.54) is 17.7 Å². The van der Waals surface area contributed by atoms with Crippen molar-refractivity contribution < 1.29 is 0 Å². The number of imidazole rings is 1. The molecule has 0 bridgehead atoms. The number of rotatable bonds is 1. The lowest BCUT2D eigenvalue weighted by Gasteiger charge is -2.21. The summed E-state index contributed by atoms with van der Waals surface area (Å²) < 4.78 is 2.71. The molecule has 1 aliphatic rings. The number of thiazole rings is 1. The molecule has 3 aromatic rings. The summed E-state index contributed by atoms with van der Waals surface area (Å²) in [6.07, 6.45) is 4.31. The molecular weight excluding hydrogens is 324 g/mol. The van der Waals surface area contributed by atoms with Crippen molar-refractivity contribution >= 4 is 28.5 Å². The third-order valence-electron chi connectivity index (χ3n) is 4.57. The number of nitriles is 1. The van der Waals surface area contributed by atoms with Crippen molar-refractivity contribution in [2.24, 2.45) is 0 Å². The van der Waals surface area contributed by atoms with Crippen molar-refractivity contribution in [3.63, 3.8) is 0 Å². The quantitative estimate of drug-likeness (QED) is 0.664. The summed E-state index contributed by atoms with van der Waals surface area (Å²) in [6.45, 7) is 4.10. The van der Waals surface area contributed by atoms with Gasteiger partial charge in [0, 0.05) is 22.3 Å². The second kappa shape index (κ2) is 5.29. The first-order valence-corrected chi connectivity index (χ1v) is 9.02. The summed E-state index contributed by atoms with van der Waals surface area (Å²) in [5, 5.41) is 11.8. The van der Waals surface area contributed by atoms with Gasteiger partial charge < -0.3 is 4.98 Å². The van der Waals surface area contributed by atoms with Crippen LogP contribution in [0.1, 0.15) is 41.1 Å². The molecule has 0 saturated heterocycles. The molecule has 0 aliphatic heterocycles. The van der Waals surface area contributed by atoms with Crippen molar-refractivity contribution in [3.8, 4) is 17.3 Å². The lowest BCUT2D eigenvalue weighted by Crippen LogP contribution is -2.10. The highest BCUT2D eigenvalue weighted by Gasteiger charge is 2.24. The van der Waals surface area contributed by atoms with E-state index in [1.54, 1.807) is 11.3 Å². The predicted octanol–water partition coefficient (Wildman–Crippen LogP) is 4.49. The van der Waals surface area contributed by atoms with E-state index in [4.69, 9.17) is 17.2 Å². The third-order valence-corrected chi connectivity index (χ3v) is 5.82. The number of hydrogen-bond donors (Lipinski definition) is 1. The molecule has 23 heavy (non-hydrogen) atoms. The summed E-state index contributed by atoms with van der Waals surface area (Å²) in [7, 11) is 0. The van der Waals surface area contributed by atoms with E-state index in [-0.39, 0.29) is 0 Å². The highest BCUT2D eigenvalue weighted by Crippen LogP contribution is 2.37. The van der Waals surface area contributed by atoms with Gasteiger partial charge in [0.2, 0.25) is 0 Å². The fourth-order valence-electron chi connectivity index (χ4n) is 3.54. The second-order valence-corrected chi connectivity index (χ2v) is 7.27. The number of fused-ring (bicyclic) bond motifs is 2. The number of hydrogen-bond acceptors (Lipinski definition) is 4. The minimum absolute atomic E-state index is 0.547. The van der Waals surface area contributed by atoms with Gasteiger partial charge in [-0.3, -0.25) is 4.40 Å². The average Bonchev–Trinajstić information content (AvgIpc) is 3.05. The molecule has 0 fully saturated rings. The van der Waals surface area contributed by atoms with Gasteiger partial charge in [-0.15, -0.1) is 11.3 Å². The average molecular weight is 340 g/mol. The Kier molecular flexibility index (Phi) is 3.36. The molecule has 6 heteroatoms. The van der Waals surface area contributed by atoms with E-state index in [1.807, 2.05) is 6.92 Å². The first kappa shape index (κ1) is 14.6. The second-order valence-electron chi connectivity index (χ2n) is 6.02. The number of nitrogens with zero attached hydrogens (tertiary/aromatic N) is 3. The van der Waals surface area contributed by atoms with Gasteiger partial charge in [-0.25, -0.2) is 4.98 Å². The highest BCUT2D eigenvalue weighted by molar-refractivity contribution is 7.71. The zero-order valence-electron chi connectivity index (χ0n) is 13.1. The molecule has 0 radical (unpaired) electrons. The number of aromatic nitrogens is 3. The number of aryl methyl sites for hydroxylation is 3. The van der Waals surface area contributed by atoms with Gasteiger partial charge in [-0.05, 0) is 45.1 Å². The van der Waals surface area contributed by atoms with E-state index in [9.17, 15) is 5.26 Å². The SMILES string of the molecule is Cc1nc2scc(C)n2c1-c1c2c([nH]c(=S)c1C#N)CCCC2. The van der Waals surface area contributed by atoms with Crippen LogP contribution in [0.3, 0.4) is 0 Å². The summed E-state index contributed by atoms with van der Waals surface area (Å²) >= 11 is 7.10. The molecule has 0 spiro atoms. The molecule has 0 aromatic carbocycles. The Morgan fingerprint density at radius 2 is 2.13 bits per heavy atom. The monoisotopic (exact) mass is 340 g/mol. The van der Waals surface area contributed by atoms with Gasteiger partial charge >= 0.3 is 0 Å². The molecule has 3 heterocycles. The van der Waals surface area contributed by atoms with E-state index < -0.39 is 0 Å². The largest absolute Gasteiger partial charge is 0.349 e. The van der Waals surface area contributed by atoms with Gasteiger partial charge in [0.05, 0.1) is 17.0 Å². The van der Waals surface area contributed by atoms with E-state index in [0.29, 0.717) is 10.2 Å². The molecule has 0 atom stereocenters. The highest BCUT2D eigenvalue weighted by atomic mass is 32.1. The zero-order chi connectivity index (χ0) is 16.1. The molecule has 0 unspecified atom stereocenters. The lowest BCUT2D eigenvalue weighted by molar-refractivity contribution is 0.667. The van der Waals surface area contributed by atoms with Crippen LogP contribution in [0.25, 0.3) is 16.2 Å². The molecule has 0 amide bonds. The van der Waals surface area contributed by atoms with E-state index >= 15 is 0 Å². The van der Waals surface area contributed by atoms with Crippen molar-refractivity contribution in [2.45, 2.75) is 39.5 Å². The van der Waals surface area contributed by atoms with Gasteiger partial charge in [0.1, 0.15) is 10.7 Å². The minimum atomic E-state index is 0.547. The first-order valence-electron chi connectivity index (χ1n) is 7.73. The molecule has 1 aliphatic carbocycles. The Labute approximate surface area is 143 Å². The lowest BCUT2D eigenvalue weighted by atomic mass is 9.88. The number of pyridine rings is 1. The maximum atomic E-state index is 9.72. The van der Waals surface area contributed by atoms with Gasteiger partial charge in [0.15, 0.2) is 4.96 Å². The number of nitrogens with one attached hydrogen (secondary N) is 1. The maximum Gasteiger partial charge on any atom is 0.194 e. The normalized spacial score (nSPS) is 14.0. The van der Waals surface area contributed by atoms with Crippen molar-refractivity contribution in [2.75, 3.05) is 0 Å². The van der Waals surface area contributed by atoms with Crippen LogP contribution in [-0.2, 0) is 12.8 Å². The van der Waals surface area contributed by atoms with Crippen molar-refractivity contribution in [3.05, 3.63) is 38.2 Å². The van der Waals surface area contributed by atoms with Crippen LogP contribution in [0.4, 0.5) is 0 Å². The Morgan fingerprint density at radius 1 is 1.35 bits per heavy atom. The van der Waals surface area contributed by atoms with Crippen molar-refractivity contribution in [1.82, 2.24) is 14.4 Å². The fourth-order valence-corrected chi connectivity index (χ4v) is 4.73. The Balaban J connectivity index is 2.18. The summed E-state index contributed by atoms with van der Waals surface area (Å²) in [4.78, 5) is 8.96. The fraction of sp³-hybridized carbons (Fsp3) is 0.353. The summed E-state index contributed by atoms with van der Waals surface area (Å²) in [5.74, 6) is 0. The van der Waals surface area contributed by atoms with E-state index in [0.717, 1.165) is 46.9 Å². The van der Waals surface area contributed by atoms with Crippen LogP contribution in [0.15, 0.2) is 5.38 Å². The topological polar surface area (TPSA) is 56.9 Å². The zero-order valence-corrected chi connectivity index (χ0v) is 14.7. The van der Waals surface area contributed by atoms with Crippen LogP contribution >= 0.6 is 23.6 Å². The Hall–Kier alpha value is -1.97. The van der Waals surface area contributed by atoms with Crippen LogP contribution in [0, 0.1) is 29.8 Å².